The Hall–Kier alpha value is -2.34. The maximum atomic E-state index is 12.1. The smallest absolute Gasteiger partial charge is 0.348 e. The third kappa shape index (κ3) is 5.10. The molecule has 0 atom stereocenters. The fraction of sp³-hybridized carbons (Fsp3) is 0.429. The van der Waals surface area contributed by atoms with Crippen molar-refractivity contribution in [1.82, 2.24) is 0 Å². The van der Waals surface area contributed by atoms with Crippen molar-refractivity contribution in [2.24, 2.45) is 0 Å². The van der Waals surface area contributed by atoms with Crippen molar-refractivity contribution in [3.05, 3.63) is 45.6 Å². The quantitative estimate of drug-likeness (QED) is 0.748. The van der Waals surface area contributed by atoms with Gasteiger partial charge in [0.05, 0.1) is 0 Å². The van der Waals surface area contributed by atoms with Crippen LogP contribution in [0.2, 0.25) is 0 Å². The number of hydrogen-bond donors (Lipinski definition) is 1. The molecule has 1 aliphatic rings. The highest BCUT2D eigenvalue weighted by atomic mass is 32.1. The zero-order chi connectivity index (χ0) is 19.2. The van der Waals surface area contributed by atoms with Crippen molar-refractivity contribution < 1.29 is 14.3 Å². The minimum Gasteiger partial charge on any atom is -0.451 e. The molecule has 144 valence electrons. The van der Waals surface area contributed by atoms with Crippen LogP contribution in [0.5, 0.6) is 0 Å². The lowest BCUT2D eigenvalue weighted by atomic mass is 10.1. The summed E-state index contributed by atoms with van der Waals surface area (Å²) in [5.74, 6) is -0.781. The van der Waals surface area contributed by atoms with Gasteiger partial charge in [0, 0.05) is 29.3 Å². The van der Waals surface area contributed by atoms with Gasteiger partial charge in [0.2, 0.25) is 0 Å². The fourth-order valence-electron chi connectivity index (χ4n) is 3.28. The number of carbonyl (C=O) groups excluding carboxylic acids is 2. The lowest BCUT2D eigenvalue weighted by Gasteiger charge is -2.28. The average Bonchev–Trinajstić information content (AvgIpc) is 3.08. The zero-order valence-electron chi connectivity index (χ0n) is 15.9. The van der Waals surface area contributed by atoms with Crippen LogP contribution in [0, 0.1) is 6.92 Å². The Morgan fingerprint density at radius 1 is 1.15 bits per heavy atom. The number of amides is 1. The molecule has 2 aromatic rings. The molecule has 1 aromatic heterocycles. The molecule has 2 heterocycles. The zero-order valence-corrected chi connectivity index (χ0v) is 16.7. The molecule has 1 aliphatic heterocycles. The number of nitrogens with zero attached hydrogens (tertiary/aromatic N) is 1. The van der Waals surface area contributed by atoms with Crippen LogP contribution in [-0.2, 0) is 16.0 Å². The lowest BCUT2D eigenvalue weighted by molar-refractivity contribution is -0.119. The Morgan fingerprint density at radius 3 is 2.48 bits per heavy atom. The van der Waals surface area contributed by atoms with Gasteiger partial charge in [-0.25, -0.2) is 4.79 Å². The van der Waals surface area contributed by atoms with E-state index < -0.39 is 5.97 Å². The van der Waals surface area contributed by atoms with Crippen molar-refractivity contribution >= 4 is 34.6 Å². The number of ether oxygens (including phenoxy) is 1. The first-order chi connectivity index (χ1) is 13.1. The molecule has 0 aliphatic carbocycles. The molecule has 0 spiro atoms. The Morgan fingerprint density at radius 2 is 1.85 bits per heavy atom. The van der Waals surface area contributed by atoms with Gasteiger partial charge in [-0.05, 0) is 68.5 Å². The van der Waals surface area contributed by atoms with Crippen LogP contribution in [0.4, 0.5) is 11.4 Å². The van der Waals surface area contributed by atoms with E-state index in [0.717, 1.165) is 25.1 Å². The van der Waals surface area contributed by atoms with Gasteiger partial charge >= 0.3 is 5.97 Å². The largest absolute Gasteiger partial charge is 0.451 e. The topological polar surface area (TPSA) is 58.6 Å². The van der Waals surface area contributed by atoms with Crippen LogP contribution in [0.3, 0.4) is 0 Å². The van der Waals surface area contributed by atoms with Gasteiger partial charge < -0.3 is 15.0 Å². The van der Waals surface area contributed by atoms with Crippen LogP contribution < -0.4 is 10.2 Å². The van der Waals surface area contributed by atoms with Gasteiger partial charge in [-0.1, -0.05) is 6.92 Å². The fourth-order valence-corrected chi connectivity index (χ4v) is 4.29. The number of rotatable bonds is 6. The molecule has 1 N–H and O–H groups in total. The highest BCUT2D eigenvalue weighted by molar-refractivity contribution is 7.14. The Bertz CT molecular complexity index is 792. The molecule has 0 saturated carbocycles. The number of nitrogens with one attached hydrogen (secondary N) is 1. The standard InChI is InChI=1S/C21H26N2O3S/c1-3-18-15(2)13-19(27-18)21(25)26-14-20(24)22-16-7-9-17(10-8-16)23-11-5-4-6-12-23/h7-10,13H,3-6,11-12,14H2,1-2H3,(H,22,24). The van der Waals surface area contributed by atoms with Gasteiger partial charge in [0.15, 0.2) is 6.61 Å². The van der Waals surface area contributed by atoms with E-state index in [4.69, 9.17) is 4.74 Å². The van der Waals surface area contributed by atoms with E-state index >= 15 is 0 Å². The molecule has 0 bridgehead atoms. The highest BCUT2D eigenvalue weighted by Gasteiger charge is 2.15. The van der Waals surface area contributed by atoms with Gasteiger partial charge in [0.1, 0.15) is 4.88 Å². The second-order valence-electron chi connectivity index (χ2n) is 6.79. The second kappa shape index (κ2) is 9.04. The van der Waals surface area contributed by atoms with Crippen LogP contribution in [0.15, 0.2) is 30.3 Å². The average molecular weight is 387 g/mol. The van der Waals surface area contributed by atoms with Gasteiger partial charge in [-0.15, -0.1) is 11.3 Å². The normalized spacial score (nSPS) is 14.1. The molecule has 1 aromatic carbocycles. The first-order valence-corrected chi connectivity index (χ1v) is 10.3. The van der Waals surface area contributed by atoms with E-state index in [-0.39, 0.29) is 12.5 Å². The summed E-state index contributed by atoms with van der Waals surface area (Å²) >= 11 is 1.43. The SMILES string of the molecule is CCc1sc(C(=O)OCC(=O)Nc2ccc(N3CCCCC3)cc2)cc1C. The third-order valence-corrected chi connectivity index (χ3v) is 6.11. The molecule has 6 heteroatoms. The van der Waals surface area contributed by atoms with Gasteiger partial charge in [0.25, 0.3) is 5.91 Å². The molecule has 0 unspecified atom stereocenters. The number of carbonyl (C=O) groups is 2. The third-order valence-electron chi connectivity index (χ3n) is 4.75. The summed E-state index contributed by atoms with van der Waals surface area (Å²) in [6, 6.07) is 9.64. The summed E-state index contributed by atoms with van der Waals surface area (Å²) in [5, 5.41) is 2.78. The highest BCUT2D eigenvalue weighted by Crippen LogP contribution is 2.23. The van der Waals surface area contributed by atoms with Crippen LogP contribution in [-0.4, -0.2) is 31.6 Å². The monoisotopic (exact) mass is 386 g/mol. The Balaban J connectivity index is 1.49. The molecular weight excluding hydrogens is 360 g/mol. The molecule has 27 heavy (non-hydrogen) atoms. The molecule has 1 saturated heterocycles. The summed E-state index contributed by atoms with van der Waals surface area (Å²) < 4.78 is 5.15. The number of aryl methyl sites for hydroxylation is 2. The molecule has 3 rings (SSSR count). The molecule has 0 radical (unpaired) electrons. The molecule has 1 amide bonds. The van der Waals surface area contributed by atoms with Crippen molar-refractivity contribution in [3.63, 3.8) is 0 Å². The minimum atomic E-state index is -0.446. The van der Waals surface area contributed by atoms with Gasteiger partial charge in [-0.3, -0.25) is 4.79 Å². The number of benzene rings is 1. The van der Waals surface area contributed by atoms with E-state index in [9.17, 15) is 9.59 Å². The van der Waals surface area contributed by atoms with Gasteiger partial charge in [-0.2, -0.15) is 0 Å². The minimum absolute atomic E-state index is 0.287. The van der Waals surface area contributed by atoms with Crippen LogP contribution in [0.1, 0.15) is 46.3 Å². The van der Waals surface area contributed by atoms with E-state index in [2.05, 4.69) is 17.1 Å². The summed E-state index contributed by atoms with van der Waals surface area (Å²) in [6.07, 6.45) is 4.65. The summed E-state index contributed by atoms with van der Waals surface area (Å²) in [4.78, 5) is 28.3. The van der Waals surface area contributed by atoms with Crippen molar-refractivity contribution in [2.45, 2.75) is 39.5 Å². The van der Waals surface area contributed by atoms with Crippen LogP contribution >= 0.6 is 11.3 Å². The predicted octanol–water partition coefficient (Wildman–Crippen LogP) is 4.40. The second-order valence-corrected chi connectivity index (χ2v) is 7.93. The van der Waals surface area contributed by atoms with E-state index in [0.29, 0.717) is 10.6 Å². The van der Waals surface area contributed by atoms with E-state index in [1.54, 1.807) is 0 Å². The van der Waals surface area contributed by atoms with E-state index in [1.165, 1.54) is 41.2 Å². The number of hydrogen-bond acceptors (Lipinski definition) is 5. The molecule has 5 nitrogen and oxygen atoms in total. The maximum absolute atomic E-state index is 12.1. The van der Waals surface area contributed by atoms with Crippen molar-refractivity contribution in [3.8, 4) is 0 Å². The number of esters is 1. The molecular formula is C21H26N2O3S. The summed E-state index contributed by atoms with van der Waals surface area (Å²) in [6.45, 7) is 5.92. The number of piperidine rings is 1. The number of anilines is 2. The molecule has 1 fully saturated rings. The Labute approximate surface area is 164 Å². The first kappa shape index (κ1) is 19.4. The van der Waals surface area contributed by atoms with E-state index in [1.807, 2.05) is 37.3 Å². The summed E-state index contributed by atoms with van der Waals surface area (Å²) in [5.41, 5.74) is 2.98. The van der Waals surface area contributed by atoms with Crippen molar-refractivity contribution in [1.29, 1.82) is 0 Å². The first-order valence-electron chi connectivity index (χ1n) is 9.48. The Kier molecular flexibility index (Phi) is 6.50. The predicted molar refractivity (Wildman–Crippen MR) is 110 cm³/mol. The summed E-state index contributed by atoms with van der Waals surface area (Å²) in [7, 11) is 0. The van der Waals surface area contributed by atoms with Crippen LogP contribution in [0.25, 0.3) is 0 Å². The number of thiophene rings is 1. The van der Waals surface area contributed by atoms with Crippen molar-refractivity contribution in [2.75, 3.05) is 29.9 Å². The lowest BCUT2D eigenvalue weighted by Crippen LogP contribution is -2.29. The maximum Gasteiger partial charge on any atom is 0.348 e.